The molecule has 1 nitrogen and oxygen atoms in total. The maximum absolute atomic E-state index is 5.62. The molecule has 2 atom stereocenters. The first kappa shape index (κ1) is 16.1. The van der Waals surface area contributed by atoms with Gasteiger partial charge in [0.25, 0.3) is 0 Å². The zero-order valence-electron chi connectivity index (χ0n) is 10.3. The van der Waals surface area contributed by atoms with Crippen LogP contribution >= 0.6 is 0 Å². The van der Waals surface area contributed by atoms with E-state index in [-0.39, 0.29) is 0 Å². The van der Waals surface area contributed by atoms with Crippen molar-refractivity contribution in [2.24, 2.45) is 0 Å². The Morgan fingerprint density at radius 2 is 1.93 bits per heavy atom. The first-order valence-corrected chi connectivity index (χ1v) is 8.07. The van der Waals surface area contributed by atoms with Crippen LogP contribution in [0.25, 0.3) is 0 Å². The quantitative estimate of drug-likeness (QED) is 0.485. The Hall–Kier alpha value is -0.343. The van der Waals surface area contributed by atoms with Crippen LogP contribution in [0.15, 0.2) is 25.3 Å². The van der Waals surface area contributed by atoms with Crippen molar-refractivity contribution in [3.63, 3.8) is 0 Å². The van der Waals surface area contributed by atoms with Gasteiger partial charge in [-0.05, 0) is 26.3 Å². The standard InChI is InChI=1S/C9H20OSi.C3H6/c1-5-7-10-9(3)11(4)8-6-2;1-3-2/h6,9,11H,2,5,7-8H2,1,3-4H3;3H,1H2,2H3. The lowest BCUT2D eigenvalue weighted by Crippen LogP contribution is -2.27. The van der Waals surface area contributed by atoms with Crippen molar-refractivity contribution in [3.8, 4) is 0 Å². The SMILES string of the molecule is C=CC.C=CC[SiH](C)C(C)OCCC. The molecule has 0 amide bonds. The summed E-state index contributed by atoms with van der Waals surface area (Å²) < 4.78 is 5.62. The highest BCUT2D eigenvalue weighted by Gasteiger charge is 2.11. The van der Waals surface area contributed by atoms with Crippen LogP contribution in [-0.2, 0) is 4.74 Å². The van der Waals surface area contributed by atoms with Gasteiger partial charge < -0.3 is 4.74 Å². The van der Waals surface area contributed by atoms with Gasteiger partial charge in [0, 0.05) is 12.3 Å². The predicted octanol–water partition coefficient (Wildman–Crippen LogP) is 3.58. The Labute approximate surface area is 91.5 Å². The fraction of sp³-hybridized carbons (Fsp3) is 0.667. The van der Waals surface area contributed by atoms with Crippen molar-refractivity contribution < 1.29 is 4.74 Å². The summed E-state index contributed by atoms with van der Waals surface area (Å²) in [5.74, 6) is 0. The summed E-state index contributed by atoms with van der Waals surface area (Å²) in [4.78, 5) is 0. The smallest absolute Gasteiger partial charge is 0.0719 e. The molecule has 14 heavy (non-hydrogen) atoms. The van der Waals surface area contributed by atoms with Gasteiger partial charge in [0.05, 0.1) is 8.80 Å². The monoisotopic (exact) mass is 214 g/mol. The summed E-state index contributed by atoms with van der Waals surface area (Å²) in [6.45, 7) is 16.6. The van der Waals surface area contributed by atoms with E-state index >= 15 is 0 Å². The summed E-state index contributed by atoms with van der Waals surface area (Å²) in [6.07, 6.45) is 4.89. The molecule has 0 aliphatic carbocycles. The first-order valence-electron chi connectivity index (χ1n) is 5.43. The molecular formula is C12H26OSi. The van der Waals surface area contributed by atoms with E-state index in [9.17, 15) is 0 Å². The molecule has 0 heterocycles. The second kappa shape index (κ2) is 12.7. The molecule has 0 saturated heterocycles. The van der Waals surface area contributed by atoms with E-state index in [1.54, 1.807) is 6.08 Å². The molecule has 0 radical (unpaired) electrons. The van der Waals surface area contributed by atoms with Gasteiger partial charge in [-0.25, -0.2) is 0 Å². The molecule has 0 aromatic carbocycles. The highest BCUT2D eigenvalue weighted by atomic mass is 28.3. The van der Waals surface area contributed by atoms with Gasteiger partial charge in [0.1, 0.15) is 0 Å². The third-order valence-electron chi connectivity index (χ3n) is 1.92. The van der Waals surface area contributed by atoms with Crippen molar-refractivity contribution in [3.05, 3.63) is 25.3 Å². The number of rotatable bonds is 6. The largest absolute Gasteiger partial charge is 0.382 e. The molecule has 0 fully saturated rings. The van der Waals surface area contributed by atoms with E-state index in [0.29, 0.717) is 5.73 Å². The molecule has 0 aromatic rings. The Morgan fingerprint density at radius 3 is 2.29 bits per heavy atom. The minimum atomic E-state index is -0.668. The van der Waals surface area contributed by atoms with E-state index < -0.39 is 8.80 Å². The molecule has 0 aliphatic heterocycles. The van der Waals surface area contributed by atoms with Crippen LogP contribution in [0.2, 0.25) is 12.6 Å². The Balaban J connectivity index is 0. The average molecular weight is 214 g/mol. The van der Waals surface area contributed by atoms with E-state index in [1.807, 2.05) is 13.0 Å². The van der Waals surface area contributed by atoms with Crippen molar-refractivity contribution in [1.29, 1.82) is 0 Å². The van der Waals surface area contributed by atoms with Crippen LogP contribution in [-0.4, -0.2) is 21.1 Å². The second-order valence-corrected chi connectivity index (χ2v) is 6.85. The van der Waals surface area contributed by atoms with Gasteiger partial charge in [-0.2, -0.15) is 0 Å². The van der Waals surface area contributed by atoms with Gasteiger partial charge in [-0.1, -0.05) is 25.6 Å². The van der Waals surface area contributed by atoms with Crippen LogP contribution < -0.4 is 0 Å². The summed E-state index contributed by atoms with van der Waals surface area (Å²) >= 11 is 0. The first-order chi connectivity index (χ1) is 6.63. The van der Waals surface area contributed by atoms with Crippen LogP contribution in [0, 0.1) is 0 Å². The molecule has 0 saturated carbocycles. The van der Waals surface area contributed by atoms with E-state index in [1.165, 1.54) is 6.04 Å². The van der Waals surface area contributed by atoms with Crippen molar-refractivity contribution in [2.75, 3.05) is 6.61 Å². The third kappa shape index (κ3) is 11.7. The maximum atomic E-state index is 5.62. The highest BCUT2D eigenvalue weighted by Crippen LogP contribution is 2.03. The maximum Gasteiger partial charge on any atom is 0.0719 e. The minimum Gasteiger partial charge on any atom is -0.382 e. The lowest BCUT2D eigenvalue weighted by Gasteiger charge is -2.17. The summed E-state index contributed by atoms with van der Waals surface area (Å²) in [5, 5.41) is 0. The van der Waals surface area contributed by atoms with E-state index in [2.05, 4.69) is 33.6 Å². The van der Waals surface area contributed by atoms with Gasteiger partial charge in [-0.15, -0.1) is 13.2 Å². The number of ether oxygens (including phenoxy) is 1. The zero-order valence-corrected chi connectivity index (χ0v) is 11.4. The molecular weight excluding hydrogens is 188 g/mol. The number of hydrogen-bond donors (Lipinski definition) is 0. The normalized spacial score (nSPS) is 13.4. The van der Waals surface area contributed by atoms with Crippen LogP contribution in [0.5, 0.6) is 0 Å². The fourth-order valence-electron chi connectivity index (χ4n) is 0.923. The molecule has 2 unspecified atom stereocenters. The Bertz CT molecular complexity index is 134. The van der Waals surface area contributed by atoms with Gasteiger partial charge in [-0.3, -0.25) is 0 Å². The minimum absolute atomic E-state index is 0.507. The molecule has 84 valence electrons. The Kier molecular flexibility index (Phi) is 14.6. The van der Waals surface area contributed by atoms with Gasteiger partial charge in [0.15, 0.2) is 0 Å². The summed E-state index contributed by atoms with van der Waals surface area (Å²) in [6, 6.07) is 1.19. The number of hydrogen-bond acceptors (Lipinski definition) is 1. The van der Waals surface area contributed by atoms with E-state index in [0.717, 1.165) is 13.0 Å². The summed E-state index contributed by atoms with van der Waals surface area (Å²) in [5.41, 5.74) is 0.507. The molecule has 0 bridgehead atoms. The molecule has 0 rings (SSSR count). The van der Waals surface area contributed by atoms with Gasteiger partial charge in [0.2, 0.25) is 0 Å². The van der Waals surface area contributed by atoms with Crippen molar-refractivity contribution >= 4 is 8.80 Å². The molecule has 0 spiro atoms. The lowest BCUT2D eigenvalue weighted by atomic mass is 10.5. The highest BCUT2D eigenvalue weighted by molar-refractivity contribution is 6.59. The predicted molar refractivity (Wildman–Crippen MR) is 69.6 cm³/mol. The summed E-state index contributed by atoms with van der Waals surface area (Å²) in [7, 11) is -0.668. The van der Waals surface area contributed by atoms with Gasteiger partial charge >= 0.3 is 0 Å². The molecule has 2 heteroatoms. The van der Waals surface area contributed by atoms with Crippen LogP contribution in [0.3, 0.4) is 0 Å². The fourth-order valence-corrected chi connectivity index (χ4v) is 2.30. The van der Waals surface area contributed by atoms with Crippen LogP contribution in [0.4, 0.5) is 0 Å². The molecule has 0 aromatic heterocycles. The third-order valence-corrected chi connectivity index (χ3v) is 4.80. The van der Waals surface area contributed by atoms with Crippen molar-refractivity contribution in [2.45, 2.75) is 45.5 Å². The van der Waals surface area contributed by atoms with E-state index in [4.69, 9.17) is 4.74 Å². The topological polar surface area (TPSA) is 9.23 Å². The molecule has 0 N–H and O–H groups in total. The molecule has 0 aliphatic rings. The average Bonchev–Trinajstić information content (AvgIpc) is 2.15. The van der Waals surface area contributed by atoms with Crippen molar-refractivity contribution in [1.82, 2.24) is 0 Å². The second-order valence-electron chi connectivity index (χ2n) is 3.49. The number of allylic oxidation sites excluding steroid dienone is 2. The zero-order chi connectivity index (χ0) is 11.4. The Morgan fingerprint density at radius 1 is 1.43 bits per heavy atom. The van der Waals surface area contributed by atoms with Crippen LogP contribution in [0.1, 0.15) is 27.2 Å². The lowest BCUT2D eigenvalue weighted by molar-refractivity contribution is 0.114.